The molecular weight excluding hydrogens is 327 g/mol. The van der Waals surface area contributed by atoms with Crippen LogP contribution in [-0.2, 0) is 0 Å². The first-order valence-corrected chi connectivity index (χ1v) is 7.05. The molecule has 0 saturated carbocycles. The quantitative estimate of drug-likeness (QED) is 0.570. The Balaban J connectivity index is 3.02. The lowest BCUT2D eigenvalue weighted by Crippen LogP contribution is -2.56. The van der Waals surface area contributed by atoms with Crippen molar-refractivity contribution < 1.29 is 0 Å². The fraction of sp³-hybridized carbons (Fsp3) is 0.889. The molecule has 1 atom stereocenters. The van der Waals surface area contributed by atoms with Crippen LogP contribution in [0.5, 0.6) is 0 Å². The molecule has 0 aromatic rings. The minimum Gasteiger partial charge on any atom is -0.304 e. The molecule has 0 N–H and O–H groups in total. The largest absolute Gasteiger partial charge is 0.304 e. The highest BCUT2D eigenvalue weighted by Gasteiger charge is 2.54. The molecule has 0 bridgehead atoms. The van der Waals surface area contributed by atoms with Gasteiger partial charge in [-0.05, 0) is 12.8 Å². The van der Waals surface area contributed by atoms with Crippen LogP contribution in [-0.4, -0.2) is 37.2 Å². The highest BCUT2D eigenvalue weighted by atomic mass is 35.6. The monoisotopic (exact) mass is 339 g/mol. The smallest absolute Gasteiger partial charge is 0.241 e. The van der Waals surface area contributed by atoms with Gasteiger partial charge in [0.25, 0.3) is 0 Å². The topological polar surface area (TPSA) is 18.8 Å². The SMILES string of the molecule is CCN1N=CN(C(Cl)(Cl)C(Cl)(Cl)Cl)C1C(C)C. The van der Waals surface area contributed by atoms with Crippen molar-refractivity contribution in [1.82, 2.24) is 9.91 Å². The molecular formula is C9H14Cl5N3. The zero-order chi connectivity index (χ0) is 13.4. The van der Waals surface area contributed by atoms with E-state index in [1.807, 2.05) is 25.8 Å². The number of hydrogen-bond acceptors (Lipinski definition) is 3. The van der Waals surface area contributed by atoms with Crippen LogP contribution in [0.1, 0.15) is 20.8 Å². The summed E-state index contributed by atoms with van der Waals surface area (Å²) in [6.45, 7) is 6.75. The summed E-state index contributed by atoms with van der Waals surface area (Å²) in [4.78, 5) is 1.57. The molecule has 0 radical (unpaired) electrons. The Kier molecular flexibility index (Phi) is 4.99. The summed E-state index contributed by atoms with van der Waals surface area (Å²) in [6, 6.07) is 0. The van der Waals surface area contributed by atoms with Crippen LogP contribution in [0.15, 0.2) is 5.10 Å². The number of nitrogens with zero attached hydrogens (tertiary/aromatic N) is 3. The normalized spacial score (nSPS) is 21.8. The van der Waals surface area contributed by atoms with Gasteiger partial charge in [-0.2, -0.15) is 5.10 Å². The summed E-state index contributed by atoms with van der Waals surface area (Å²) in [5.41, 5.74) is 0. The van der Waals surface area contributed by atoms with Gasteiger partial charge in [0.2, 0.25) is 8.25 Å². The maximum absolute atomic E-state index is 6.16. The molecule has 0 amide bonds. The number of alkyl halides is 5. The van der Waals surface area contributed by atoms with Gasteiger partial charge in [-0.15, -0.1) is 0 Å². The van der Waals surface area contributed by atoms with Crippen molar-refractivity contribution in [2.45, 2.75) is 35.2 Å². The standard InChI is InChI=1S/C9H14Cl5N3/c1-4-17-7(6(2)3)16(5-15-17)9(13,14)8(10,11)12/h5-7H,4H2,1-3H3. The van der Waals surface area contributed by atoms with Gasteiger partial charge in [0.05, 0.1) is 0 Å². The van der Waals surface area contributed by atoms with Gasteiger partial charge in [-0.3, -0.25) is 5.01 Å². The molecule has 1 rings (SSSR count). The molecule has 1 aliphatic rings. The Labute approximate surface area is 127 Å². The first kappa shape index (κ1) is 15.8. The van der Waals surface area contributed by atoms with E-state index in [2.05, 4.69) is 5.10 Å². The average molecular weight is 341 g/mol. The van der Waals surface area contributed by atoms with Crippen LogP contribution in [0.4, 0.5) is 0 Å². The summed E-state index contributed by atoms with van der Waals surface area (Å²) in [5, 5.41) is 6.06. The Bertz CT molecular complexity index is 299. The van der Waals surface area contributed by atoms with Crippen molar-refractivity contribution in [2.75, 3.05) is 6.54 Å². The van der Waals surface area contributed by atoms with Gasteiger partial charge in [0.15, 0.2) is 0 Å². The summed E-state index contributed by atoms with van der Waals surface area (Å²) < 4.78 is -3.50. The molecule has 100 valence electrons. The van der Waals surface area contributed by atoms with Crippen LogP contribution in [0.25, 0.3) is 0 Å². The molecule has 0 spiro atoms. The van der Waals surface area contributed by atoms with E-state index >= 15 is 0 Å². The molecule has 0 aromatic heterocycles. The second kappa shape index (κ2) is 5.38. The predicted octanol–water partition coefficient (Wildman–Crippen LogP) is 4.05. The van der Waals surface area contributed by atoms with E-state index in [0.29, 0.717) is 0 Å². The summed E-state index contributed by atoms with van der Waals surface area (Å²) in [6.07, 6.45) is 1.38. The molecule has 1 unspecified atom stereocenters. The molecule has 0 aromatic carbocycles. The predicted molar refractivity (Wildman–Crippen MR) is 76.1 cm³/mol. The third-order valence-corrected chi connectivity index (χ3v) is 4.86. The van der Waals surface area contributed by atoms with Crippen LogP contribution < -0.4 is 0 Å². The van der Waals surface area contributed by atoms with Crippen molar-refractivity contribution >= 4 is 64.3 Å². The zero-order valence-electron chi connectivity index (χ0n) is 9.67. The van der Waals surface area contributed by atoms with E-state index < -0.39 is 8.25 Å². The average Bonchev–Trinajstić information content (AvgIpc) is 2.59. The van der Waals surface area contributed by atoms with Crippen molar-refractivity contribution in [3.8, 4) is 0 Å². The molecule has 1 heterocycles. The first-order valence-electron chi connectivity index (χ1n) is 5.16. The van der Waals surface area contributed by atoms with Crippen LogP contribution in [0.2, 0.25) is 0 Å². The summed E-state index contributed by atoms with van der Waals surface area (Å²) >= 11 is 29.7. The maximum Gasteiger partial charge on any atom is 0.241 e. The Morgan fingerprint density at radius 1 is 1.24 bits per heavy atom. The molecule has 0 fully saturated rings. The molecule has 1 aliphatic heterocycles. The van der Waals surface area contributed by atoms with E-state index in [-0.39, 0.29) is 12.1 Å². The summed E-state index contributed by atoms with van der Waals surface area (Å²) in [7, 11) is 0. The lowest BCUT2D eigenvalue weighted by Gasteiger charge is -2.42. The van der Waals surface area contributed by atoms with Gasteiger partial charge in [-0.1, -0.05) is 71.9 Å². The first-order chi connectivity index (χ1) is 7.63. The Morgan fingerprint density at radius 3 is 2.12 bits per heavy atom. The van der Waals surface area contributed by atoms with E-state index in [1.54, 1.807) is 4.90 Å². The minimum absolute atomic E-state index is 0.134. The fourth-order valence-corrected chi connectivity index (χ4v) is 2.30. The van der Waals surface area contributed by atoms with Gasteiger partial charge in [0.1, 0.15) is 12.5 Å². The van der Waals surface area contributed by atoms with Crippen LogP contribution >= 0.6 is 58.0 Å². The molecule has 3 nitrogen and oxygen atoms in total. The third-order valence-electron chi connectivity index (χ3n) is 2.50. The maximum atomic E-state index is 6.16. The van der Waals surface area contributed by atoms with E-state index in [4.69, 9.17) is 58.0 Å². The fourth-order valence-electron chi connectivity index (χ4n) is 1.72. The molecule has 0 aliphatic carbocycles. The zero-order valence-corrected chi connectivity index (χ0v) is 13.5. The molecule has 8 heteroatoms. The van der Waals surface area contributed by atoms with Crippen LogP contribution in [0.3, 0.4) is 0 Å². The lowest BCUT2D eigenvalue weighted by atomic mass is 10.1. The van der Waals surface area contributed by atoms with Gasteiger partial charge in [-0.25, -0.2) is 0 Å². The van der Waals surface area contributed by atoms with E-state index in [9.17, 15) is 0 Å². The van der Waals surface area contributed by atoms with Gasteiger partial charge < -0.3 is 4.90 Å². The Morgan fingerprint density at radius 2 is 1.76 bits per heavy atom. The van der Waals surface area contributed by atoms with Gasteiger partial charge in [0, 0.05) is 6.54 Å². The number of hydrazone groups is 1. The van der Waals surface area contributed by atoms with E-state index in [1.165, 1.54) is 6.34 Å². The molecule has 17 heavy (non-hydrogen) atoms. The van der Waals surface area contributed by atoms with Crippen molar-refractivity contribution in [1.29, 1.82) is 0 Å². The number of rotatable bonds is 3. The number of halogens is 5. The second-order valence-electron chi connectivity index (χ2n) is 4.09. The summed E-state index contributed by atoms with van der Waals surface area (Å²) in [5.74, 6) is 0.224. The minimum atomic E-state index is -1.83. The van der Waals surface area contributed by atoms with Crippen molar-refractivity contribution in [3.05, 3.63) is 0 Å². The van der Waals surface area contributed by atoms with Crippen molar-refractivity contribution in [2.24, 2.45) is 11.0 Å². The third kappa shape index (κ3) is 3.01. The van der Waals surface area contributed by atoms with Crippen molar-refractivity contribution in [3.63, 3.8) is 0 Å². The molecule has 0 saturated heterocycles. The van der Waals surface area contributed by atoms with Gasteiger partial charge >= 0.3 is 0 Å². The van der Waals surface area contributed by atoms with E-state index in [0.717, 1.165) is 6.54 Å². The number of hydrogen-bond donors (Lipinski definition) is 0. The highest BCUT2D eigenvalue weighted by Crippen LogP contribution is 2.49. The second-order valence-corrected chi connectivity index (χ2v) is 7.66. The lowest BCUT2D eigenvalue weighted by molar-refractivity contribution is 0.0784. The highest BCUT2D eigenvalue weighted by molar-refractivity contribution is 6.75. The Hall–Kier alpha value is 0.720. The van der Waals surface area contributed by atoms with Crippen LogP contribution in [0, 0.1) is 5.92 Å².